The standard InChI is InChI=1S/C32H31N7O2/c1-22-6-5-9-28(35-22)30-25(18-34-37-30)26-10-11-27-29(36-26)16-24(17-33-27)38-14-12-32(20-38)13-15-39(21-32)31(40)41-19-23-7-3-2-4-8-23/h2-11,16-18H,12-15,19-21H2,1H3,(H,34,37). The lowest BCUT2D eigenvalue weighted by Gasteiger charge is -2.25. The van der Waals surface area contributed by atoms with Crippen molar-refractivity contribution in [2.75, 3.05) is 31.1 Å². The van der Waals surface area contributed by atoms with E-state index in [1.807, 2.05) is 84.9 Å². The number of hydrogen-bond donors (Lipinski definition) is 1. The third kappa shape index (κ3) is 4.99. The zero-order valence-electron chi connectivity index (χ0n) is 23.0. The monoisotopic (exact) mass is 545 g/mol. The molecule has 1 N–H and O–H groups in total. The van der Waals surface area contributed by atoms with E-state index in [0.717, 1.165) is 89.6 Å². The van der Waals surface area contributed by atoms with Gasteiger partial charge in [0.1, 0.15) is 12.3 Å². The number of benzene rings is 1. The lowest BCUT2D eigenvalue weighted by molar-refractivity contribution is 0.100. The molecule has 0 aliphatic carbocycles. The van der Waals surface area contributed by atoms with Gasteiger partial charge < -0.3 is 14.5 Å². The van der Waals surface area contributed by atoms with Gasteiger partial charge in [0.2, 0.25) is 0 Å². The molecule has 1 spiro atoms. The molecule has 1 aromatic carbocycles. The highest BCUT2D eigenvalue weighted by Gasteiger charge is 2.45. The Kier molecular flexibility index (Phi) is 6.34. The zero-order chi connectivity index (χ0) is 27.8. The molecule has 206 valence electrons. The predicted molar refractivity (Wildman–Crippen MR) is 157 cm³/mol. The van der Waals surface area contributed by atoms with Gasteiger partial charge in [-0.05, 0) is 55.7 Å². The van der Waals surface area contributed by atoms with E-state index in [-0.39, 0.29) is 11.5 Å². The largest absolute Gasteiger partial charge is 0.445 e. The van der Waals surface area contributed by atoms with Gasteiger partial charge in [0.05, 0.1) is 34.3 Å². The highest BCUT2D eigenvalue weighted by molar-refractivity contribution is 5.84. The summed E-state index contributed by atoms with van der Waals surface area (Å²) < 4.78 is 5.60. The number of hydrogen-bond acceptors (Lipinski definition) is 7. The number of aromatic nitrogens is 5. The average Bonchev–Trinajstić information content (AvgIpc) is 3.77. The fourth-order valence-electron chi connectivity index (χ4n) is 6.06. The third-order valence-corrected chi connectivity index (χ3v) is 8.28. The number of nitrogens with one attached hydrogen (secondary N) is 1. The third-order valence-electron chi connectivity index (χ3n) is 8.28. The van der Waals surface area contributed by atoms with Crippen molar-refractivity contribution in [3.8, 4) is 22.6 Å². The number of nitrogens with zero attached hydrogens (tertiary/aromatic N) is 6. The minimum absolute atomic E-state index is 0.0719. The van der Waals surface area contributed by atoms with Crippen LogP contribution in [0.15, 0.2) is 79.1 Å². The van der Waals surface area contributed by atoms with Gasteiger partial charge in [-0.3, -0.25) is 15.1 Å². The summed E-state index contributed by atoms with van der Waals surface area (Å²) in [7, 11) is 0. The number of rotatable bonds is 5. The Balaban J connectivity index is 1.06. The summed E-state index contributed by atoms with van der Waals surface area (Å²) in [6, 6.07) is 21.8. The molecule has 2 aliphatic heterocycles. The van der Waals surface area contributed by atoms with Crippen molar-refractivity contribution < 1.29 is 9.53 Å². The molecule has 9 heteroatoms. The smallest absolute Gasteiger partial charge is 0.410 e. The molecule has 2 fully saturated rings. The van der Waals surface area contributed by atoms with E-state index in [4.69, 9.17) is 14.7 Å². The summed E-state index contributed by atoms with van der Waals surface area (Å²) in [6.07, 6.45) is 5.58. The molecule has 0 bridgehead atoms. The van der Waals surface area contributed by atoms with Gasteiger partial charge in [-0.2, -0.15) is 5.10 Å². The van der Waals surface area contributed by atoms with Gasteiger partial charge in [-0.15, -0.1) is 0 Å². The van der Waals surface area contributed by atoms with E-state index < -0.39 is 0 Å². The van der Waals surface area contributed by atoms with Crippen molar-refractivity contribution in [2.45, 2.75) is 26.4 Å². The molecular weight excluding hydrogens is 514 g/mol. The van der Waals surface area contributed by atoms with E-state index in [2.05, 4.69) is 26.1 Å². The van der Waals surface area contributed by atoms with Crippen molar-refractivity contribution in [3.63, 3.8) is 0 Å². The highest BCUT2D eigenvalue weighted by atomic mass is 16.6. The SMILES string of the molecule is Cc1cccc(-c2n[nH]cc2-c2ccc3ncc(N4CCC5(CCN(C(=O)OCc6ccccc6)C5)C4)cc3n2)n1. The Labute approximate surface area is 238 Å². The number of anilines is 1. The summed E-state index contributed by atoms with van der Waals surface area (Å²) >= 11 is 0. The number of carbonyl (C=O) groups is 1. The van der Waals surface area contributed by atoms with Gasteiger partial charge in [0, 0.05) is 49.0 Å². The van der Waals surface area contributed by atoms with Crippen molar-refractivity contribution in [3.05, 3.63) is 90.4 Å². The van der Waals surface area contributed by atoms with Crippen molar-refractivity contribution in [1.29, 1.82) is 0 Å². The number of carbonyl (C=O) groups excluding carboxylic acids is 1. The van der Waals surface area contributed by atoms with E-state index in [0.29, 0.717) is 6.61 Å². The van der Waals surface area contributed by atoms with Crippen LogP contribution in [0, 0.1) is 12.3 Å². The summed E-state index contributed by atoms with van der Waals surface area (Å²) in [6.45, 7) is 5.52. The van der Waals surface area contributed by atoms with Crippen molar-refractivity contribution in [1.82, 2.24) is 30.0 Å². The van der Waals surface area contributed by atoms with E-state index in [1.165, 1.54) is 0 Å². The normalized spacial score (nSPS) is 18.5. The summed E-state index contributed by atoms with van der Waals surface area (Å²) in [5.41, 5.74) is 8.06. The number of amides is 1. The molecule has 1 amide bonds. The molecule has 0 saturated carbocycles. The van der Waals surface area contributed by atoms with Gasteiger partial charge in [0.25, 0.3) is 0 Å². The second kappa shape index (κ2) is 10.3. The van der Waals surface area contributed by atoms with Crippen LogP contribution in [-0.4, -0.2) is 62.3 Å². The molecule has 0 radical (unpaired) electrons. The van der Waals surface area contributed by atoms with Gasteiger partial charge >= 0.3 is 6.09 Å². The van der Waals surface area contributed by atoms with Crippen LogP contribution in [-0.2, 0) is 11.3 Å². The summed E-state index contributed by atoms with van der Waals surface area (Å²) in [5, 5.41) is 7.45. The van der Waals surface area contributed by atoms with Gasteiger partial charge in [-0.25, -0.2) is 9.78 Å². The quantitative estimate of drug-likeness (QED) is 0.306. The maximum atomic E-state index is 12.8. The Bertz CT molecular complexity index is 1720. The van der Waals surface area contributed by atoms with Gasteiger partial charge in [0.15, 0.2) is 0 Å². The Morgan fingerprint density at radius 1 is 0.951 bits per heavy atom. The zero-order valence-corrected chi connectivity index (χ0v) is 23.0. The van der Waals surface area contributed by atoms with Crippen LogP contribution in [0.3, 0.4) is 0 Å². The molecule has 4 aromatic heterocycles. The number of ether oxygens (including phenoxy) is 1. The van der Waals surface area contributed by atoms with Crippen LogP contribution < -0.4 is 4.90 Å². The molecular formula is C32H31N7O2. The highest BCUT2D eigenvalue weighted by Crippen LogP contribution is 2.41. The van der Waals surface area contributed by atoms with Crippen LogP contribution in [0.5, 0.6) is 0 Å². The number of likely N-dealkylation sites (tertiary alicyclic amines) is 1. The molecule has 2 saturated heterocycles. The number of aromatic amines is 1. The van der Waals surface area contributed by atoms with E-state index in [9.17, 15) is 4.79 Å². The summed E-state index contributed by atoms with van der Waals surface area (Å²) in [5.74, 6) is 0. The first-order valence-corrected chi connectivity index (χ1v) is 14.0. The molecule has 6 heterocycles. The molecule has 2 aliphatic rings. The lowest BCUT2D eigenvalue weighted by Crippen LogP contribution is -2.34. The fraction of sp³-hybridized carbons (Fsp3) is 0.281. The first kappa shape index (κ1) is 25.2. The van der Waals surface area contributed by atoms with Crippen LogP contribution in [0.1, 0.15) is 24.1 Å². The second-order valence-electron chi connectivity index (χ2n) is 11.1. The van der Waals surface area contributed by atoms with Crippen LogP contribution in [0.2, 0.25) is 0 Å². The molecule has 5 aromatic rings. The first-order chi connectivity index (χ1) is 20.1. The average molecular weight is 546 g/mol. The van der Waals surface area contributed by atoms with Crippen molar-refractivity contribution in [2.24, 2.45) is 5.41 Å². The van der Waals surface area contributed by atoms with Gasteiger partial charge in [-0.1, -0.05) is 36.4 Å². The molecule has 41 heavy (non-hydrogen) atoms. The second-order valence-corrected chi connectivity index (χ2v) is 11.1. The van der Waals surface area contributed by atoms with Crippen molar-refractivity contribution >= 4 is 22.8 Å². The van der Waals surface area contributed by atoms with Crippen LogP contribution in [0.4, 0.5) is 10.5 Å². The minimum Gasteiger partial charge on any atom is -0.445 e. The number of aryl methyl sites for hydroxylation is 1. The topological polar surface area (TPSA) is 100 Å². The van der Waals surface area contributed by atoms with Crippen LogP contribution in [0.25, 0.3) is 33.7 Å². The Morgan fingerprint density at radius 2 is 1.83 bits per heavy atom. The summed E-state index contributed by atoms with van der Waals surface area (Å²) in [4.78, 5) is 31.4. The Hall–Kier alpha value is -4.79. The van der Waals surface area contributed by atoms with E-state index in [1.54, 1.807) is 0 Å². The molecule has 9 nitrogen and oxygen atoms in total. The molecule has 1 atom stereocenters. The van der Waals surface area contributed by atoms with Crippen LogP contribution >= 0.6 is 0 Å². The fourth-order valence-corrected chi connectivity index (χ4v) is 6.06. The molecule has 1 unspecified atom stereocenters. The maximum Gasteiger partial charge on any atom is 0.410 e. The number of H-pyrrole nitrogens is 1. The maximum absolute atomic E-state index is 12.8. The van der Waals surface area contributed by atoms with E-state index >= 15 is 0 Å². The molecule has 7 rings (SSSR count). The minimum atomic E-state index is -0.229. The first-order valence-electron chi connectivity index (χ1n) is 14.0. The predicted octanol–water partition coefficient (Wildman–Crippen LogP) is 5.63. The Morgan fingerprint density at radius 3 is 2.71 bits per heavy atom. The lowest BCUT2D eigenvalue weighted by atomic mass is 9.86. The number of fused-ring (bicyclic) bond motifs is 1. The number of pyridine rings is 3.